The predicted molar refractivity (Wildman–Crippen MR) is 131 cm³/mol. The van der Waals surface area contributed by atoms with Gasteiger partial charge in [0.2, 0.25) is 5.95 Å². The fourth-order valence-electron chi connectivity index (χ4n) is 5.04. The van der Waals surface area contributed by atoms with Crippen molar-refractivity contribution in [1.82, 2.24) is 35.1 Å². The van der Waals surface area contributed by atoms with Crippen LogP contribution in [0.5, 0.6) is 5.75 Å². The van der Waals surface area contributed by atoms with Crippen molar-refractivity contribution in [2.24, 2.45) is 0 Å². The molecule has 0 saturated carbocycles. The number of likely N-dealkylation sites (tertiary alicyclic amines) is 1. The van der Waals surface area contributed by atoms with Gasteiger partial charge in [-0.15, -0.1) is 0 Å². The zero-order valence-electron chi connectivity index (χ0n) is 20.0. The molecule has 2 aliphatic rings. The van der Waals surface area contributed by atoms with Crippen molar-refractivity contribution in [1.29, 1.82) is 0 Å². The minimum absolute atomic E-state index is 0.182. The second kappa shape index (κ2) is 8.51. The number of nitrogens with two attached hydrogens (primary N) is 1. The standard InChI is InChI=1S/C24H29N9O2/c1-13-6-17(31-35-13)8-26-23-22-18(29-24(25)30-23)9-27-33(22)11-16-5-4-15(7-20(16)34-3)10-32-12-19-21(28-19)14(32)2/h4-7,9,14,19,21,28H,8,10-12H2,1-3H3,(H3,25,26,29,30)/t14-,19+,21?/m0/s1. The Kier molecular flexibility index (Phi) is 5.30. The predicted octanol–water partition coefficient (Wildman–Crippen LogP) is 1.92. The van der Waals surface area contributed by atoms with Crippen molar-refractivity contribution in [2.75, 3.05) is 24.7 Å². The molecule has 35 heavy (non-hydrogen) atoms. The molecule has 1 unspecified atom stereocenters. The lowest BCUT2D eigenvalue weighted by Crippen LogP contribution is -2.34. The summed E-state index contributed by atoms with van der Waals surface area (Å²) in [6.07, 6.45) is 1.70. The number of aryl methyl sites for hydroxylation is 1. The Balaban J connectivity index is 1.25. The molecule has 11 nitrogen and oxygen atoms in total. The highest BCUT2D eigenvalue weighted by atomic mass is 16.5. The van der Waals surface area contributed by atoms with Crippen molar-refractivity contribution in [3.8, 4) is 5.75 Å². The number of nitrogens with zero attached hydrogens (tertiary/aromatic N) is 6. The number of piperazine rings is 1. The van der Waals surface area contributed by atoms with Crippen LogP contribution in [-0.4, -0.2) is 61.6 Å². The van der Waals surface area contributed by atoms with Gasteiger partial charge in [-0.1, -0.05) is 17.3 Å². The van der Waals surface area contributed by atoms with Crippen LogP contribution in [0.15, 0.2) is 35.0 Å². The van der Waals surface area contributed by atoms with E-state index in [2.05, 4.69) is 60.9 Å². The van der Waals surface area contributed by atoms with Gasteiger partial charge in [0.25, 0.3) is 0 Å². The number of fused-ring (bicyclic) bond motifs is 2. The van der Waals surface area contributed by atoms with Gasteiger partial charge in [-0.2, -0.15) is 10.1 Å². The summed E-state index contributed by atoms with van der Waals surface area (Å²) in [6.45, 7) is 7.12. The molecule has 3 aromatic heterocycles. The van der Waals surface area contributed by atoms with Crippen LogP contribution in [-0.2, 0) is 19.6 Å². The Morgan fingerprint density at radius 3 is 2.89 bits per heavy atom. The van der Waals surface area contributed by atoms with Crippen molar-refractivity contribution < 1.29 is 9.26 Å². The van der Waals surface area contributed by atoms with E-state index in [-0.39, 0.29) is 5.95 Å². The lowest BCUT2D eigenvalue weighted by atomic mass is 10.1. The molecule has 0 radical (unpaired) electrons. The van der Waals surface area contributed by atoms with Crippen LogP contribution < -0.4 is 21.1 Å². The molecule has 0 bridgehead atoms. The number of nitrogens with one attached hydrogen (secondary N) is 2. The second-order valence-electron chi connectivity index (χ2n) is 9.36. The fraction of sp³-hybridized carbons (Fsp3) is 0.417. The van der Waals surface area contributed by atoms with Crippen molar-refractivity contribution in [3.05, 3.63) is 53.0 Å². The van der Waals surface area contributed by atoms with E-state index in [9.17, 15) is 0 Å². The third-order valence-electron chi connectivity index (χ3n) is 6.93. The van der Waals surface area contributed by atoms with Gasteiger partial charge >= 0.3 is 0 Å². The van der Waals surface area contributed by atoms with Crippen LogP contribution >= 0.6 is 0 Å². The van der Waals surface area contributed by atoms with Crippen molar-refractivity contribution in [3.63, 3.8) is 0 Å². The van der Waals surface area contributed by atoms with E-state index in [1.54, 1.807) is 13.3 Å². The number of hydrogen-bond acceptors (Lipinski definition) is 10. The Morgan fingerprint density at radius 1 is 1.26 bits per heavy atom. The highest BCUT2D eigenvalue weighted by Gasteiger charge is 2.49. The molecule has 3 atom stereocenters. The Hall–Kier alpha value is -3.70. The van der Waals surface area contributed by atoms with E-state index in [0.717, 1.165) is 41.4 Å². The van der Waals surface area contributed by atoms with Crippen LogP contribution in [0.2, 0.25) is 0 Å². The normalized spacial score (nSPS) is 21.4. The third kappa shape index (κ3) is 4.17. The van der Waals surface area contributed by atoms with E-state index in [0.29, 0.717) is 42.5 Å². The lowest BCUT2D eigenvalue weighted by Gasteiger charge is -2.24. The first-order valence-electron chi connectivity index (χ1n) is 11.8. The van der Waals surface area contributed by atoms with Gasteiger partial charge in [-0.05, 0) is 25.5 Å². The van der Waals surface area contributed by atoms with Crippen molar-refractivity contribution >= 4 is 22.8 Å². The summed E-state index contributed by atoms with van der Waals surface area (Å²) >= 11 is 0. The zero-order chi connectivity index (χ0) is 24.1. The van der Waals surface area contributed by atoms with Gasteiger partial charge in [0.15, 0.2) is 5.82 Å². The van der Waals surface area contributed by atoms with Crippen LogP contribution in [0.1, 0.15) is 29.5 Å². The van der Waals surface area contributed by atoms with E-state index < -0.39 is 0 Å². The minimum atomic E-state index is 0.182. The average Bonchev–Trinajstić information content (AvgIpc) is 3.12. The summed E-state index contributed by atoms with van der Waals surface area (Å²) in [5.74, 6) is 2.37. The lowest BCUT2D eigenvalue weighted by molar-refractivity contribution is 0.233. The van der Waals surface area contributed by atoms with E-state index in [1.165, 1.54) is 5.56 Å². The SMILES string of the molecule is COc1cc(CN2C[C@H]3NC3[C@@H]2C)ccc1Cn1ncc2nc(N)nc(NCc3cc(C)on3)c21. The average molecular weight is 476 g/mol. The number of hydrogen-bond donors (Lipinski definition) is 3. The monoisotopic (exact) mass is 475 g/mol. The molecule has 1 aromatic carbocycles. The van der Waals surface area contributed by atoms with Gasteiger partial charge in [0, 0.05) is 42.8 Å². The summed E-state index contributed by atoms with van der Waals surface area (Å²) in [7, 11) is 1.71. The van der Waals surface area contributed by atoms with Crippen LogP contribution in [0, 0.1) is 6.92 Å². The third-order valence-corrected chi connectivity index (χ3v) is 6.93. The molecule has 0 amide bonds. The number of rotatable bonds is 8. The van der Waals surface area contributed by atoms with Gasteiger partial charge < -0.3 is 25.6 Å². The van der Waals surface area contributed by atoms with Crippen LogP contribution in [0.25, 0.3) is 11.0 Å². The highest BCUT2D eigenvalue weighted by molar-refractivity contribution is 5.86. The zero-order valence-corrected chi connectivity index (χ0v) is 20.0. The molecule has 2 saturated heterocycles. The highest BCUT2D eigenvalue weighted by Crippen LogP contribution is 2.31. The fourth-order valence-corrected chi connectivity index (χ4v) is 5.04. The smallest absolute Gasteiger partial charge is 0.222 e. The van der Waals surface area contributed by atoms with E-state index in [4.69, 9.17) is 15.0 Å². The van der Waals surface area contributed by atoms with Gasteiger partial charge in [0.05, 0.1) is 26.4 Å². The molecule has 0 aliphatic carbocycles. The minimum Gasteiger partial charge on any atom is -0.496 e. The van der Waals surface area contributed by atoms with E-state index in [1.807, 2.05) is 17.7 Å². The van der Waals surface area contributed by atoms with Gasteiger partial charge in [-0.3, -0.25) is 9.58 Å². The number of aromatic nitrogens is 5. The largest absolute Gasteiger partial charge is 0.496 e. The molecule has 5 heterocycles. The molecule has 11 heteroatoms. The molecule has 182 valence electrons. The number of benzene rings is 1. The first-order valence-corrected chi connectivity index (χ1v) is 11.8. The van der Waals surface area contributed by atoms with Gasteiger partial charge in [0.1, 0.15) is 28.2 Å². The summed E-state index contributed by atoms with van der Waals surface area (Å²) < 4.78 is 12.8. The van der Waals surface area contributed by atoms with Crippen LogP contribution in [0.3, 0.4) is 0 Å². The first-order chi connectivity index (χ1) is 17.0. The summed E-state index contributed by atoms with van der Waals surface area (Å²) in [4.78, 5) is 11.3. The summed E-state index contributed by atoms with van der Waals surface area (Å²) in [6, 6.07) is 10.2. The Labute approximate surface area is 202 Å². The molecule has 6 rings (SSSR count). The summed E-state index contributed by atoms with van der Waals surface area (Å²) in [5, 5.41) is 15.4. The number of anilines is 2. The maximum Gasteiger partial charge on any atom is 0.222 e. The molecule has 4 aromatic rings. The molecule has 4 N–H and O–H groups in total. The maximum atomic E-state index is 5.95. The molecule has 2 fully saturated rings. The molecular formula is C24H29N9O2. The van der Waals surface area contributed by atoms with Crippen LogP contribution in [0.4, 0.5) is 11.8 Å². The topological polar surface area (TPSA) is 142 Å². The molecule has 2 aliphatic heterocycles. The number of ether oxygens (including phenoxy) is 1. The van der Waals surface area contributed by atoms with Gasteiger partial charge in [-0.25, -0.2) is 4.98 Å². The number of nitrogen functional groups attached to an aromatic ring is 1. The molecular weight excluding hydrogens is 446 g/mol. The summed E-state index contributed by atoms with van der Waals surface area (Å²) in [5.41, 5.74) is 10.4. The number of methoxy groups -OCH3 is 1. The van der Waals surface area contributed by atoms with E-state index >= 15 is 0 Å². The Bertz CT molecular complexity index is 1380. The Morgan fingerprint density at radius 2 is 2.14 bits per heavy atom. The van der Waals surface area contributed by atoms with Crippen molar-refractivity contribution in [2.45, 2.75) is 51.6 Å². The quantitative estimate of drug-likeness (QED) is 0.324. The maximum absolute atomic E-state index is 5.95. The molecule has 0 spiro atoms. The first kappa shape index (κ1) is 21.8. The second-order valence-corrected chi connectivity index (χ2v) is 9.36.